The van der Waals surface area contributed by atoms with E-state index in [0.717, 1.165) is 55.3 Å². The highest BCUT2D eigenvalue weighted by Crippen LogP contribution is 2.40. The minimum absolute atomic E-state index is 0.174. The molecule has 1 amide bonds. The Kier molecular flexibility index (Phi) is 36.7. The van der Waals surface area contributed by atoms with E-state index in [1.165, 1.54) is 129 Å². The van der Waals surface area contributed by atoms with Gasteiger partial charge in [0.05, 0.1) is 54.9 Å². The topological polar surface area (TPSA) is 162 Å². The van der Waals surface area contributed by atoms with Gasteiger partial charge in [-0.2, -0.15) is 0 Å². The summed E-state index contributed by atoms with van der Waals surface area (Å²) in [5.74, 6) is -4.27. The summed E-state index contributed by atoms with van der Waals surface area (Å²) in [6.07, 6.45) is 29.9. The van der Waals surface area contributed by atoms with Crippen LogP contribution in [0.1, 0.15) is 252 Å². The Morgan fingerprint density at radius 2 is 0.906 bits per heavy atom. The van der Waals surface area contributed by atoms with Crippen molar-refractivity contribution in [3.05, 3.63) is 181 Å². The molecule has 0 aliphatic carbocycles. The van der Waals surface area contributed by atoms with Crippen molar-refractivity contribution in [3.8, 4) is 0 Å². The first-order chi connectivity index (χ1) is 46.8. The molecule has 0 bridgehead atoms. The molecule has 1 heterocycles. The summed E-state index contributed by atoms with van der Waals surface area (Å²) in [5.41, 5.74) is 0.679. The fraction of sp³-hybridized carbons (Fsp3) is 0.549. The van der Waals surface area contributed by atoms with Crippen LogP contribution in [-0.4, -0.2) is 95.2 Å². The molecule has 1 fully saturated rings. The molecule has 96 heavy (non-hydrogen) atoms. The van der Waals surface area contributed by atoms with Crippen LogP contribution in [0.5, 0.6) is 0 Å². The van der Waals surface area contributed by atoms with Crippen LogP contribution in [-0.2, 0) is 42.4 Å². The average Bonchev–Trinajstić information content (AvgIpc) is 0.746. The summed E-state index contributed by atoms with van der Waals surface area (Å²) < 4.78 is 46.2. The molecule has 6 rings (SSSR count). The number of benzene rings is 5. The summed E-state index contributed by atoms with van der Waals surface area (Å²) in [5, 5.41) is 5.07. The quantitative estimate of drug-likeness (QED) is 0.0129. The Morgan fingerprint density at radius 1 is 0.510 bits per heavy atom. The lowest BCUT2D eigenvalue weighted by Gasteiger charge is -2.47. The van der Waals surface area contributed by atoms with Gasteiger partial charge in [-0.15, -0.1) is 0 Å². The van der Waals surface area contributed by atoms with Crippen LogP contribution >= 0.6 is 0 Å². The van der Waals surface area contributed by atoms with Gasteiger partial charge in [0.15, 0.2) is 12.4 Å². The number of hydrogen-bond donors (Lipinski definition) is 1. The molecule has 2 unspecified atom stereocenters. The Balaban J connectivity index is 1.38. The summed E-state index contributed by atoms with van der Waals surface area (Å²) >= 11 is 0. The number of esters is 4. The number of hydrogen-bond acceptors (Lipinski definition) is 12. The fourth-order valence-corrected chi connectivity index (χ4v) is 17.7. The molecule has 0 spiro atoms. The second-order valence-corrected chi connectivity index (χ2v) is 31.4. The van der Waals surface area contributed by atoms with Gasteiger partial charge >= 0.3 is 23.9 Å². The van der Waals surface area contributed by atoms with Crippen molar-refractivity contribution in [2.24, 2.45) is 5.92 Å². The molecule has 5 aromatic carbocycles. The van der Waals surface area contributed by atoms with E-state index in [4.69, 9.17) is 32.8 Å². The van der Waals surface area contributed by atoms with E-state index in [-0.39, 0.29) is 35.6 Å². The molecule has 0 saturated carbocycles. The van der Waals surface area contributed by atoms with Gasteiger partial charge in [-0.25, -0.2) is 14.4 Å². The zero-order valence-electron chi connectivity index (χ0n) is 58.9. The number of carbonyl (C=O) groups is 5. The standard InChI is InChI=1S/C82H115NO12Si/c1-7-9-11-13-15-17-19-21-22-24-26-28-30-32-49-61-74(84)83-71(72(60-48-31-29-27-25-23-20-18-16-14-12-10-8-2)95-96(82(3,4)5,68-56-44-36-45-57-68)69-58-46-37-47-59-69)63-91-81-77(94-80(88)67-54-42-35-43-55-67)70(62-75(85)89-6)76(93-79(87)66-52-40-34-41-53-66)73(92-81)64-90-78(86)65-50-38-33-39-51-65/h33-48,50-60,70-73,76-77,81H,7-32,49,61-64H2,1-6H3,(H,83,84)/t70?,71-,72+,73?,76-,77+,81-/m1/s1. The predicted molar refractivity (Wildman–Crippen MR) is 387 cm³/mol. The van der Waals surface area contributed by atoms with Crippen molar-refractivity contribution in [1.82, 2.24) is 5.32 Å². The van der Waals surface area contributed by atoms with Crippen molar-refractivity contribution in [1.29, 1.82) is 0 Å². The van der Waals surface area contributed by atoms with Crippen molar-refractivity contribution < 1.29 is 56.8 Å². The third kappa shape index (κ3) is 27.0. The van der Waals surface area contributed by atoms with Crippen LogP contribution in [0, 0.1) is 5.92 Å². The molecule has 14 heteroatoms. The van der Waals surface area contributed by atoms with Crippen LogP contribution in [0.15, 0.2) is 164 Å². The largest absolute Gasteiger partial charge is 0.469 e. The molecule has 5 aromatic rings. The second-order valence-electron chi connectivity index (χ2n) is 27.1. The van der Waals surface area contributed by atoms with Gasteiger partial charge in [0.1, 0.15) is 18.8 Å². The minimum Gasteiger partial charge on any atom is -0.469 e. The summed E-state index contributed by atoms with van der Waals surface area (Å²) in [6, 6.07) is 45.1. The Bertz CT molecular complexity index is 2920. The predicted octanol–water partition coefficient (Wildman–Crippen LogP) is 18.2. The molecule has 1 aliphatic rings. The van der Waals surface area contributed by atoms with Crippen LogP contribution < -0.4 is 15.7 Å². The first-order valence-electron chi connectivity index (χ1n) is 36.6. The third-order valence-electron chi connectivity index (χ3n) is 18.5. The van der Waals surface area contributed by atoms with Gasteiger partial charge in [-0.1, -0.05) is 316 Å². The number of unbranched alkanes of at least 4 members (excludes halogenated alkanes) is 25. The molecular weight excluding hydrogens is 1220 g/mol. The fourth-order valence-electron chi connectivity index (χ4n) is 13.1. The van der Waals surface area contributed by atoms with E-state index in [2.05, 4.69) is 76.4 Å². The van der Waals surface area contributed by atoms with Gasteiger partial charge < -0.3 is 38.2 Å². The van der Waals surface area contributed by atoms with Crippen molar-refractivity contribution >= 4 is 48.5 Å². The average molecular weight is 1330 g/mol. The lowest BCUT2D eigenvalue weighted by atomic mass is 9.85. The zero-order chi connectivity index (χ0) is 68.5. The van der Waals surface area contributed by atoms with E-state index in [1.807, 2.05) is 36.4 Å². The van der Waals surface area contributed by atoms with E-state index < -0.39 is 92.9 Å². The van der Waals surface area contributed by atoms with E-state index in [9.17, 15) is 24.0 Å². The lowest BCUT2D eigenvalue weighted by molar-refractivity contribution is -0.290. The van der Waals surface area contributed by atoms with Gasteiger partial charge in [-0.3, -0.25) is 9.59 Å². The number of rotatable bonds is 47. The molecule has 1 saturated heterocycles. The van der Waals surface area contributed by atoms with Crippen LogP contribution in [0.4, 0.5) is 0 Å². The van der Waals surface area contributed by atoms with Gasteiger partial charge in [0, 0.05) is 6.42 Å². The first-order valence-corrected chi connectivity index (χ1v) is 38.5. The molecule has 0 aromatic heterocycles. The highest BCUT2D eigenvalue weighted by Gasteiger charge is 2.54. The third-order valence-corrected chi connectivity index (χ3v) is 23.6. The Hall–Kier alpha value is -6.71. The van der Waals surface area contributed by atoms with E-state index >= 15 is 0 Å². The van der Waals surface area contributed by atoms with Crippen molar-refractivity contribution in [3.63, 3.8) is 0 Å². The number of methoxy groups -OCH3 is 1. The lowest BCUT2D eigenvalue weighted by Crippen LogP contribution is -2.69. The van der Waals surface area contributed by atoms with Crippen molar-refractivity contribution in [2.45, 2.75) is 263 Å². The number of carbonyl (C=O) groups excluding carboxylic acids is 5. The van der Waals surface area contributed by atoms with Crippen LogP contribution in [0.2, 0.25) is 5.04 Å². The maximum atomic E-state index is 14.9. The number of allylic oxidation sites excluding steroid dienone is 1. The van der Waals surface area contributed by atoms with Gasteiger partial charge in [-0.05, 0) is 71.1 Å². The van der Waals surface area contributed by atoms with Gasteiger partial charge in [0.25, 0.3) is 8.32 Å². The Morgan fingerprint density at radius 3 is 1.33 bits per heavy atom. The first kappa shape index (κ1) is 78.3. The molecular formula is C82H115NO12Si. The molecule has 1 aliphatic heterocycles. The maximum Gasteiger partial charge on any atom is 0.338 e. The zero-order valence-corrected chi connectivity index (χ0v) is 59.9. The van der Waals surface area contributed by atoms with Crippen molar-refractivity contribution in [2.75, 3.05) is 20.3 Å². The molecule has 524 valence electrons. The van der Waals surface area contributed by atoms with E-state index in [1.54, 1.807) is 91.0 Å². The maximum absolute atomic E-state index is 14.9. The second kappa shape index (κ2) is 45.0. The highest BCUT2D eigenvalue weighted by molar-refractivity contribution is 6.99. The molecule has 13 nitrogen and oxygen atoms in total. The van der Waals surface area contributed by atoms with Crippen LogP contribution in [0.25, 0.3) is 0 Å². The normalized spacial score (nSPS) is 17.1. The number of ether oxygens (including phenoxy) is 6. The SMILES string of the molecule is CCCCCCCCCCCCCC=C[C@H](O[Si](c1ccccc1)(c1ccccc1)C(C)(C)C)[C@@H](CO[C@@H]1OC(COC(=O)c2ccccc2)[C@H](OC(=O)c2ccccc2)C(CC(=O)OC)[C@@H]1OC(=O)c1ccccc1)NC(=O)CCCCCCCCCCCCCCCCC. The molecule has 0 radical (unpaired) electrons. The smallest absolute Gasteiger partial charge is 0.338 e. The van der Waals surface area contributed by atoms with Crippen LogP contribution in [0.3, 0.4) is 0 Å². The molecule has 1 N–H and O–H groups in total. The minimum atomic E-state index is -3.39. The summed E-state index contributed by atoms with van der Waals surface area (Å²) in [7, 11) is -2.15. The summed E-state index contributed by atoms with van der Waals surface area (Å²) in [6.45, 7) is 10.5. The summed E-state index contributed by atoms with van der Waals surface area (Å²) in [4.78, 5) is 71.4. The monoisotopic (exact) mass is 1330 g/mol. The Labute approximate surface area is 577 Å². The van der Waals surface area contributed by atoms with E-state index in [0.29, 0.717) is 6.42 Å². The highest BCUT2D eigenvalue weighted by atomic mass is 28.4. The number of amides is 1. The molecule has 7 atom stereocenters. The van der Waals surface area contributed by atoms with Gasteiger partial charge in [0.2, 0.25) is 5.91 Å². The number of nitrogens with one attached hydrogen (secondary N) is 1.